The minimum Gasteiger partial charge on any atom is -0.374 e. The quantitative estimate of drug-likeness (QED) is 0.786. The molecule has 0 aromatic heterocycles. The first-order valence-electron chi connectivity index (χ1n) is 6.35. The molecule has 0 saturated carbocycles. The van der Waals surface area contributed by atoms with Crippen molar-refractivity contribution in [3.63, 3.8) is 0 Å². The Bertz CT molecular complexity index is 347. The molecule has 0 atom stereocenters. The Morgan fingerprint density at radius 1 is 1.31 bits per heavy atom. The van der Waals surface area contributed by atoms with E-state index in [0.29, 0.717) is 0 Å². The molecule has 0 amide bonds. The maximum absolute atomic E-state index is 5.55. The normalized spacial score (nSPS) is 15.0. The lowest BCUT2D eigenvalue weighted by atomic mass is 9.95. The molecule has 0 fully saturated rings. The summed E-state index contributed by atoms with van der Waals surface area (Å²) in [7, 11) is 2.21. The molecule has 1 aliphatic heterocycles. The Labute approximate surface area is 98.4 Å². The molecule has 1 heterocycles. The summed E-state index contributed by atoms with van der Waals surface area (Å²) >= 11 is 0. The number of fused-ring (bicyclic) bond motifs is 1. The topological polar surface area (TPSA) is 29.3 Å². The number of para-hydroxylation sites is 1. The molecule has 1 aromatic rings. The van der Waals surface area contributed by atoms with Gasteiger partial charge in [-0.05, 0) is 49.8 Å². The van der Waals surface area contributed by atoms with E-state index < -0.39 is 0 Å². The lowest BCUT2D eigenvalue weighted by Gasteiger charge is -2.30. The highest BCUT2D eigenvalue weighted by Crippen LogP contribution is 2.30. The predicted octanol–water partition coefficient (Wildman–Crippen LogP) is 2.35. The molecule has 1 aliphatic rings. The van der Waals surface area contributed by atoms with Crippen molar-refractivity contribution in [1.29, 1.82) is 0 Å². The maximum atomic E-state index is 5.55. The van der Waals surface area contributed by atoms with E-state index in [0.717, 1.165) is 13.0 Å². The predicted molar refractivity (Wildman–Crippen MR) is 70.0 cm³/mol. The lowest BCUT2D eigenvalue weighted by Crippen LogP contribution is -2.26. The number of aryl methyl sites for hydroxylation is 2. The molecule has 2 nitrogen and oxygen atoms in total. The summed E-state index contributed by atoms with van der Waals surface area (Å²) in [6.45, 7) is 2.01. The third-order valence-electron chi connectivity index (χ3n) is 3.42. The first-order chi connectivity index (χ1) is 7.83. The van der Waals surface area contributed by atoms with Crippen LogP contribution in [-0.2, 0) is 12.8 Å². The summed E-state index contributed by atoms with van der Waals surface area (Å²) in [5.41, 5.74) is 10.1. The zero-order valence-electron chi connectivity index (χ0n) is 10.2. The first kappa shape index (κ1) is 11.5. The van der Waals surface area contributed by atoms with E-state index in [2.05, 4.69) is 30.1 Å². The van der Waals surface area contributed by atoms with E-state index >= 15 is 0 Å². The van der Waals surface area contributed by atoms with Gasteiger partial charge in [-0.15, -0.1) is 0 Å². The SMILES string of the molecule is CN1CCCc2cccc(CCCCN)c21. The van der Waals surface area contributed by atoms with Crippen LogP contribution in [0, 0.1) is 0 Å². The van der Waals surface area contributed by atoms with Gasteiger partial charge >= 0.3 is 0 Å². The van der Waals surface area contributed by atoms with Gasteiger partial charge in [-0.1, -0.05) is 18.2 Å². The van der Waals surface area contributed by atoms with E-state index in [-0.39, 0.29) is 0 Å². The Kier molecular flexibility index (Phi) is 3.83. The Morgan fingerprint density at radius 2 is 2.19 bits per heavy atom. The molecule has 0 aliphatic carbocycles. The fraction of sp³-hybridized carbons (Fsp3) is 0.571. The Balaban J connectivity index is 2.17. The van der Waals surface area contributed by atoms with Gasteiger partial charge in [0.25, 0.3) is 0 Å². The van der Waals surface area contributed by atoms with Gasteiger partial charge in [-0.25, -0.2) is 0 Å². The summed E-state index contributed by atoms with van der Waals surface area (Å²) < 4.78 is 0. The second-order valence-electron chi connectivity index (χ2n) is 4.70. The highest BCUT2D eigenvalue weighted by Gasteiger charge is 2.16. The van der Waals surface area contributed by atoms with Crippen molar-refractivity contribution in [2.45, 2.75) is 32.1 Å². The Hall–Kier alpha value is -1.02. The van der Waals surface area contributed by atoms with Crippen LogP contribution in [0.25, 0.3) is 0 Å². The number of hydrogen-bond acceptors (Lipinski definition) is 2. The molecule has 0 bridgehead atoms. The van der Waals surface area contributed by atoms with Crippen molar-refractivity contribution in [3.05, 3.63) is 29.3 Å². The van der Waals surface area contributed by atoms with E-state index in [4.69, 9.17) is 5.73 Å². The van der Waals surface area contributed by atoms with Gasteiger partial charge < -0.3 is 10.6 Å². The monoisotopic (exact) mass is 218 g/mol. The van der Waals surface area contributed by atoms with Crippen molar-refractivity contribution in [2.75, 3.05) is 25.0 Å². The third-order valence-corrected chi connectivity index (χ3v) is 3.42. The average molecular weight is 218 g/mol. The van der Waals surface area contributed by atoms with Crippen molar-refractivity contribution >= 4 is 5.69 Å². The highest BCUT2D eigenvalue weighted by molar-refractivity contribution is 5.60. The standard InChI is InChI=1S/C14H22N2/c1-16-11-5-9-13-8-4-7-12(14(13)16)6-2-3-10-15/h4,7-8H,2-3,5-6,9-11,15H2,1H3. The van der Waals surface area contributed by atoms with Gasteiger partial charge in [0.1, 0.15) is 0 Å². The molecule has 2 heteroatoms. The average Bonchev–Trinajstić information content (AvgIpc) is 2.30. The smallest absolute Gasteiger partial charge is 0.0428 e. The molecule has 16 heavy (non-hydrogen) atoms. The third kappa shape index (κ3) is 2.38. The van der Waals surface area contributed by atoms with E-state index in [1.165, 1.54) is 49.0 Å². The van der Waals surface area contributed by atoms with Crippen molar-refractivity contribution in [1.82, 2.24) is 0 Å². The summed E-state index contributed by atoms with van der Waals surface area (Å²) in [4.78, 5) is 2.41. The van der Waals surface area contributed by atoms with Crippen LogP contribution in [0.2, 0.25) is 0 Å². The first-order valence-corrected chi connectivity index (χ1v) is 6.35. The summed E-state index contributed by atoms with van der Waals surface area (Å²) in [6, 6.07) is 6.75. The number of nitrogens with two attached hydrogens (primary N) is 1. The zero-order valence-corrected chi connectivity index (χ0v) is 10.2. The molecule has 0 spiro atoms. The van der Waals surface area contributed by atoms with Gasteiger partial charge in [-0.3, -0.25) is 0 Å². The molecule has 0 saturated heterocycles. The molecule has 2 N–H and O–H groups in total. The molecule has 1 aromatic carbocycles. The van der Waals surface area contributed by atoms with E-state index in [9.17, 15) is 0 Å². The molecular weight excluding hydrogens is 196 g/mol. The number of hydrogen-bond donors (Lipinski definition) is 1. The van der Waals surface area contributed by atoms with Crippen LogP contribution in [0.3, 0.4) is 0 Å². The summed E-state index contributed by atoms with van der Waals surface area (Å²) in [6.07, 6.45) is 6.04. The molecule has 0 radical (unpaired) electrons. The second kappa shape index (κ2) is 5.35. The van der Waals surface area contributed by atoms with Gasteiger partial charge in [0.15, 0.2) is 0 Å². The van der Waals surface area contributed by atoms with Gasteiger partial charge in [0.2, 0.25) is 0 Å². The van der Waals surface area contributed by atoms with Crippen molar-refractivity contribution < 1.29 is 0 Å². The van der Waals surface area contributed by atoms with E-state index in [1.807, 2.05) is 0 Å². The van der Waals surface area contributed by atoms with Crippen LogP contribution in [0.1, 0.15) is 30.4 Å². The fourth-order valence-electron chi connectivity index (χ4n) is 2.62. The summed E-state index contributed by atoms with van der Waals surface area (Å²) in [5, 5.41) is 0. The van der Waals surface area contributed by atoms with Crippen LogP contribution in [-0.4, -0.2) is 20.1 Å². The minimum atomic E-state index is 0.810. The van der Waals surface area contributed by atoms with Crippen LogP contribution in [0.4, 0.5) is 5.69 Å². The van der Waals surface area contributed by atoms with Gasteiger partial charge in [-0.2, -0.15) is 0 Å². The molecule has 0 unspecified atom stereocenters. The maximum Gasteiger partial charge on any atom is 0.0428 e. The van der Waals surface area contributed by atoms with Gasteiger partial charge in [0, 0.05) is 19.3 Å². The summed E-state index contributed by atoms with van der Waals surface area (Å²) in [5.74, 6) is 0. The largest absolute Gasteiger partial charge is 0.374 e. The van der Waals surface area contributed by atoms with Crippen molar-refractivity contribution in [2.24, 2.45) is 5.73 Å². The molecule has 88 valence electrons. The molecule has 2 rings (SSSR count). The lowest BCUT2D eigenvalue weighted by molar-refractivity contribution is 0.716. The van der Waals surface area contributed by atoms with Gasteiger partial charge in [0.05, 0.1) is 0 Å². The number of unbranched alkanes of at least 4 members (excludes halogenated alkanes) is 1. The zero-order chi connectivity index (χ0) is 11.4. The number of benzene rings is 1. The van der Waals surface area contributed by atoms with E-state index in [1.54, 1.807) is 0 Å². The molecular formula is C14H22N2. The van der Waals surface area contributed by atoms with Crippen LogP contribution in [0.5, 0.6) is 0 Å². The number of anilines is 1. The van der Waals surface area contributed by atoms with Crippen LogP contribution >= 0.6 is 0 Å². The minimum absolute atomic E-state index is 0.810. The number of nitrogens with zero attached hydrogens (tertiary/aromatic N) is 1. The fourth-order valence-corrected chi connectivity index (χ4v) is 2.62. The second-order valence-corrected chi connectivity index (χ2v) is 4.70. The highest BCUT2D eigenvalue weighted by atomic mass is 15.1. The van der Waals surface area contributed by atoms with Crippen LogP contribution in [0.15, 0.2) is 18.2 Å². The Morgan fingerprint density at radius 3 is 3.00 bits per heavy atom. The van der Waals surface area contributed by atoms with Crippen LogP contribution < -0.4 is 10.6 Å². The number of rotatable bonds is 4. The van der Waals surface area contributed by atoms with Crippen molar-refractivity contribution in [3.8, 4) is 0 Å².